The smallest absolute Gasteiger partial charge is 0.128 e. The van der Waals surface area contributed by atoms with Crippen LogP contribution in [0.15, 0.2) is 79.0 Å². The van der Waals surface area contributed by atoms with Crippen molar-refractivity contribution in [2.75, 3.05) is 19.0 Å². The number of anilines is 1. The highest BCUT2D eigenvalue weighted by Crippen LogP contribution is 2.43. The van der Waals surface area contributed by atoms with E-state index >= 15 is 0 Å². The molecule has 1 atom stereocenters. The van der Waals surface area contributed by atoms with Crippen molar-refractivity contribution in [3.63, 3.8) is 0 Å². The molecule has 4 nitrogen and oxygen atoms in total. The summed E-state index contributed by atoms with van der Waals surface area (Å²) in [5, 5.41) is 4.78. The zero-order valence-corrected chi connectivity index (χ0v) is 16.1. The standard InChI is InChI=1S/C24H22N4/c1-27(2)23-14-13-19-22(26-23)15-20(17-9-5-3-6-10-17)21-16-25-28(24(19)21)18-11-7-4-8-12-18/h3-14,16,20H,15H2,1-2H3. The molecule has 4 heteroatoms. The van der Waals surface area contributed by atoms with Crippen molar-refractivity contribution < 1.29 is 0 Å². The van der Waals surface area contributed by atoms with Crippen LogP contribution in [-0.2, 0) is 6.42 Å². The minimum Gasteiger partial charge on any atom is -0.363 e. The average molecular weight is 366 g/mol. The molecule has 0 amide bonds. The lowest BCUT2D eigenvalue weighted by Crippen LogP contribution is -2.17. The van der Waals surface area contributed by atoms with E-state index in [1.165, 1.54) is 16.7 Å². The van der Waals surface area contributed by atoms with Gasteiger partial charge in [-0.15, -0.1) is 0 Å². The van der Waals surface area contributed by atoms with Gasteiger partial charge in [-0.2, -0.15) is 5.10 Å². The summed E-state index contributed by atoms with van der Waals surface area (Å²) < 4.78 is 2.06. The largest absolute Gasteiger partial charge is 0.363 e. The number of aromatic nitrogens is 3. The molecule has 0 saturated heterocycles. The molecule has 2 heterocycles. The van der Waals surface area contributed by atoms with Gasteiger partial charge in [0.05, 0.1) is 23.3 Å². The topological polar surface area (TPSA) is 34.0 Å². The number of hydrogen-bond acceptors (Lipinski definition) is 3. The summed E-state index contributed by atoms with van der Waals surface area (Å²) in [6, 6.07) is 25.3. The van der Waals surface area contributed by atoms with Gasteiger partial charge >= 0.3 is 0 Å². The molecule has 2 aromatic carbocycles. The van der Waals surface area contributed by atoms with Gasteiger partial charge in [-0.05, 0) is 29.8 Å². The molecule has 0 radical (unpaired) electrons. The van der Waals surface area contributed by atoms with E-state index < -0.39 is 0 Å². The summed E-state index contributed by atoms with van der Waals surface area (Å²) in [5.74, 6) is 1.24. The third-order valence-electron chi connectivity index (χ3n) is 5.45. The summed E-state index contributed by atoms with van der Waals surface area (Å²) in [4.78, 5) is 7.04. The first-order valence-corrected chi connectivity index (χ1v) is 9.58. The van der Waals surface area contributed by atoms with Crippen LogP contribution >= 0.6 is 0 Å². The number of nitrogens with zero attached hydrogens (tertiary/aromatic N) is 4. The maximum absolute atomic E-state index is 4.99. The van der Waals surface area contributed by atoms with E-state index in [0.29, 0.717) is 0 Å². The van der Waals surface area contributed by atoms with Crippen LogP contribution in [0.4, 0.5) is 5.82 Å². The quantitative estimate of drug-likeness (QED) is 0.527. The average Bonchev–Trinajstić information content (AvgIpc) is 3.19. The molecule has 2 aromatic heterocycles. The predicted molar refractivity (Wildman–Crippen MR) is 113 cm³/mol. The van der Waals surface area contributed by atoms with Gasteiger partial charge in [0.15, 0.2) is 0 Å². The first-order chi connectivity index (χ1) is 13.7. The SMILES string of the molecule is CN(C)c1ccc2c(n1)CC(c1ccccc1)c1cnn(-c3ccccc3)c1-2. The van der Waals surface area contributed by atoms with Gasteiger partial charge < -0.3 is 4.90 Å². The highest BCUT2D eigenvalue weighted by atomic mass is 15.3. The Bertz CT molecular complexity index is 1110. The molecule has 5 rings (SSSR count). The van der Waals surface area contributed by atoms with E-state index in [9.17, 15) is 0 Å². The Labute approximate surface area is 165 Å². The van der Waals surface area contributed by atoms with Crippen LogP contribution in [0.2, 0.25) is 0 Å². The monoisotopic (exact) mass is 366 g/mol. The molecular formula is C24H22N4. The third kappa shape index (κ3) is 2.69. The molecule has 0 saturated carbocycles. The second-order valence-corrected chi connectivity index (χ2v) is 7.42. The van der Waals surface area contributed by atoms with Crippen LogP contribution in [0.25, 0.3) is 16.9 Å². The van der Waals surface area contributed by atoms with E-state index in [2.05, 4.69) is 76.3 Å². The second kappa shape index (κ2) is 6.64. The molecule has 4 aromatic rings. The maximum Gasteiger partial charge on any atom is 0.128 e. The minimum absolute atomic E-state index is 0.256. The van der Waals surface area contributed by atoms with Crippen LogP contribution in [0.5, 0.6) is 0 Å². The van der Waals surface area contributed by atoms with Crippen LogP contribution in [-0.4, -0.2) is 28.9 Å². The molecule has 138 valence electrons. The third-order valence-corrected chi connectivity index (χ3v) is 5.45. The Hall–Kier alpha value is -3.40. The Morgan fingerprint density at radius 2 is 1.61 bits per heavy atom. The van der Waals surface area contributed by atoms with Gasteiger partial charge in [-0.3, -0.25) is 0 Å². The minimum atomic E-state index is 0.256. The second-order valence-electron chi connectivity index (χ2n) is 7.42. The predicted octanol–water partition coefficient (Wildman–Crippen LogP) is 4.69. The Morgan fingerprint density at radius 3 is 2.32 bits per heavy atom. The van der Waals surface area contributed by atoms with Crippen molar-refractivity contribution in [1.29, 1.82) is 0 Å². The lowest BCUT2D eigenvalue weighted by molar-refractivity contribution is 0.764. The van der Waals surface area contributed by atoms with Crippen molar-refractivity contribution in [3.8, 4) is 16.9 Å². The number of hydrogen-bond donors (Lipinski definition) is 0. The van der Waals surface area contributed by atoms with Gasteiger partial charge in [0.1, 0.15) is 5.82 Å². The van der Waals surface area contributed by atoms with Crippen molar-refractivity contribution in [2.45, 2.75) is 12.3 Å². The highest BCUT2D eigenvalue weighted by molar-refractivity contribution is 5.73. The van der Waals surface area contributed by atoms with E-state index in [1.807, 2.05) is 26.4 Å². The van der Waals surface area contributed by atoms with Gasteiger partial charge in [-0.25, -0.2) is 9.67 Å². The number of pyridine rings is 1. The van der Waals surface area contributed by atoms with Crippen LogP contribution < -0.4 is 4.90 Å². The molecule has 0 aliphatic heterocycles. The molecule has 0 fully saturated rings. The number of benzene rings is 2. The lowest BCUT2D eigenvalue weighted by atomic mass is 9.80. The Morgan fingerprint density at radius 1 is 0.893 bits per heavy atom. The van der Waals surface area contributed by atoms with E-state index in [-0.39, 0.29) is 5.92 Å². The molecular weight excluding hydrogens is 344 g/mol. The number of fused-ring (bicyclic) bond motifs is 3. The lowest BCUT2D eigenvalue weighted by Gasteiger charge is -2.26. The molecule has 0 bridgehead atoms. The molecule has 0 spiro atoms. The Kier molecular flexibility index (Phi) is 3.97. The van der Waals surface area contributed by atoms with Crippen LogP contribution in [0, 0.1) is 0 Å². The fourth-order valence-electron chi connectivity index (χ4n) is 4.05. The summed E-state index contributed by atoms with van der Waals surface area (Å²) in [7, 11) is 4.07. The number of para-hydroxylation sites is 1. The van der Waals surface area contributed by atoms with Crippen molar-refractivity contribution >= 4 is 5.82 Å². The van der Waals surface area contributed by atoms with Gasteiger partial charge in [0, 0.05) is 37.6 Å². The van der Waals surface area contributed by atoms with Gasteiger partial charge in [-0.1, -0.05) is 48.5 Å². The summed E-state index contributed by atoms with van der Waals surface area (Å²) >= 11 is 0. The highest BCUT2D eigenvalue weighted by Gasteiger charge is 2.31. The van der Waals surface area contributed by atoms with Crippen LogP contribution in [0.1, 0.15) is 22.7 Å². The van der Waals surface area contributed by atoms with E-state index in [1.54, 1.807) is 0 Å². The zero-order valence-electron chi connectivity index (χ0n) is 16.1. The summed E-state index contributed by atoms with van der Waals surface area (Å²) in [5.41, 5.74) is 7.10. The number of rotatable bonds is 3. The normalized spacial score (nSPS) is 15.0. The first-order valence-electron chi connectivity index (χ1n) is 9.58. The Balaban J connectivity index is 1.74. The molecule has 1 aliphatic carbocycles. The van der Waals surface area contributed by atoms with Gasteiger partial charge in [0.25, 0.3) is 0 Å². The van der Waals surface area contributed by atoms with Gasteiger partial charge in [0.2, 0.25) is 0 Å². The van der Waals surface area contributed by atoms with E-state index in [0.717, 1.165) is 29.3 Å². The summed E-state index contributed by atoms with van der Waals surface area (Å²) in [6.07, 6.45) is 2.91. The summed E-state index contributed by atoms with van der Waals surface area (Å²) in [6.45, 7) is 0. The molecule has 1 aliphatic rings. The van der Waals surface area contributed by atoms with E-state index in [4.69, 9.17) is 10.1 Å². The maximum atomic E-state index is 4.99. The molecule has 0 N–H and O–H groups in total. The molecule has 28 heavy (non-hydrogen) atoms. The molecule has 1 unspecified atom stereocenters. The van der Waals surface area contributed by atoms with Crippen molar-refractivity contribution in [3.05, 3.63) is 95.8 Å². The fourth-order valence-corrected chi connectivity index (χ4v) is 4.05. The first kappa shape index (κ1) is 16.8. The zero-order chi connectivity index (χ0) is 19.1. The fraction of sp³-hybridized carbons (Fsp3) is 0.167. The van der Waals surface area contributed by atoms with Crippen LogP contribution in [0.3, 0.4) is 0 Å². The van der Waals surface area contributed by atoms with Crippen molar-refractivity contribution in [1.82, 2.24) is 14.8 Å². The van der Waals surface area contributed by atoms with Crippen molar-refractivity contribution in [2.24, 2.45) is 0 Å².